The summed E-state index contributed by atoms with van der Waals surface area (Å²) in [6.45, 7) is 1.21. The molecule has 1 aliphatic rings. The van der Waals surface area contributed by atoms with Crippen LogP contribution in [-0.2, 0) is 0 Å². The van der Waals surface area contributed by atoms with E-state index in [1.807, 2.05) is 4.90 Å². The molecule has 0 saturated carbocycles. The Labute approximate surface area is 182 Å². The molecule has 0 radical (unpaired) electrons. The van der Waals surface area contributed by atoms with E-state index < -0.39 is 5.91 Å². The molecule has 31 heavy (non-hydrogen) atoms. The molecule has 3 aromatic rings. The number of amides is 2. The third-order valence-electron chi connectivity index (χ3n) is 5.13. The molecule has 4 rings (SSSR count). The molecule has 9 heteroatoms. The fourth-order valence-electron chi connectivity index (χ4n) is 3.49. The molecule has 7 nitrogen and oxygen atoms in total. The van der Waals surface area contributed by atoms with Crippen molar-refractivity contribution in [1.82, 2.24) is 15.1 Å². The van der Waals surface area contributed by atoms with Crippen LogP contribution in [0.4, 0.5) is 10.1 Å². The van der Waals surface area contributed by atoms with Crippen LogP contribution in [-0.4, -0.2) is 47.1 Å². The third-order valence-corrected chi connectivity index (χ3v) is 6.22. The Morgan fingerprint density at radius 3 is 2.58 bits per heavy atom. The van der Waals surface area contributed by atoms with Crippen molar-refractivity contribution in [2.24, 2.45) is 0 Å². The minimum Gasteiger partial charge on any atom is -0.497 e. The highest BCUT2D eigenvalue weighted by Crippen LogP contribution is 2.30. The number of aromatic nitrogens is 2. The number of hydrogen-bond donors (Lipinski definition) is 1. The molecule has 2 aromatic carbocycles. The summed E-state index contributed by atoms with van der Waals surface area (Å²) in [6, 6.07) is 12.6. The zero-order valence-electron chi connectivity index (χ0n) is 16.9. The molecule has 1 aromatic heterocycles. The van der Waals surface area contributed by atoms with Crippen molar-refractivity contribution >= 4 is 28.8 Å². The predicted molar refractivity (Wildman–Crippen MR) is 115 cm³/mol. The van der Waals surface area contributed by atoms with Gasteiger partial charge in [-0.05, 0) is 61.4 Å². The predicted octanol–water partition coefficient (Wildman–Crippen LogP) is 3.96. The highest BCUT2D eigenvalue weighted by atomic mass is 32.1. The third kappa shape index (κ3) is 4.88. The van der Waals surface area contributed by atoms with Crippen molar-refractivity contribution < 1.29 is 18.7 Å². The summed E-state index contributed by atoms with van der Waals surface area (Å²) in [5, 5.41) is 11.9. The summed E-state index contributed by atoms with van der Waals surface area (Å²) in [7, 11) is 1.59. The Kier molecular flexibility index (Phi) is 6.22. The maximum absolute atomic E-state index is 13.0. The first-order valence-corrected chi connectivity index (χ1v) is 10.7. The van der Waals surface area contributed by atoms with Crippen LogP contribution in [0.5, 0.6) is 5.75 Å². The van der Waals surface area contributed by atoms with Crippen molar-refractivity contribution in [3.63, 3.8) is 0 Å². The van der Waals surface area contributed by atoms with Crippen LogP contribution in [0.1, 0.15) is 43.9 Å². The number of anilines is 1. The molecule has 0 spiro atoms. The SMILES string of the molecule is COc1ccc(C(=O)N2CCCC(c3nnc(C(=O)Nc4ccc(F)cc4)s3)C2)cc1. The van der Waals surface area contributed by atoms with Gasteiger partial charge in [0, 0.05) is 30.3 Å². The zero-order chi connectivity index (χ0) is 21.8. The van der Waals surface area contributed by atoms with E-state index in [0.717, 1.165) is 17.8 Å². The Morgan fingerprint density at radius 1 is 1.13 bits per heavy atom. The lowest BCUT2D eigenvalue weighted by Crippen LogP contribution is -2.39. The van der Waals surface area contributed by atoms with Crippen LogP contribution >= 0.6 is 11.3 Å². The lowest BCUT2D eigenvalue weighted by atomic mass is 9.98. The summed E-state index contributed by atoms with van der Waals surface area (Å²) < 4.78 is 18.2. The number of carbonyl (C=O) groups excluding carboxylic acids is 2. The second kappa shape index (κ2) is 9.22. The van der Waals surface area contributed by atoms with Gasteiger partial charge in [-0.2, -0.15) is 0 Å². The van der Waals surface area contributed by atoms with Crippen molar-refractivity contribution in [2.45, 2.75) is 18.8 Å². The molecular weight excluding hydrogens is 419 g/mol. The van der Waals surface area contributed by atoms with Gasteiger partial charge in [0.2, 0.25) is 5.01 Å². The fraction of sp³-hybridized carbons (Fsp3) is 0.273. The summed E-state index contributed by atoms with van der Waals surface area (Å²) in [5.74, 6) is -0.0695. The van der Waals surface area contributed by atoms with E-state index in [1.165, 1.54) is 35.6 Å². The highest BCUT2D eigenvalue weighted by molar-refractivity contribution is 7.13. The zero-order valence-corrected chi connectivity index (χ0v) is 17.7. The van der Waals surface area contributed by atoms with E-state index in [9.17, 15) is 14.0 Å². The molecule has 160 valence electrons. The smallest absolute Gasteiger partial charge is 0.286 e. The summed E-state index contributed by atoms with van der Waals surface area (Å²) in [6.07, 6.45) is 1.73. The van der Waals surface area contributed by atoms with Crippen LogP contribution in [0, 0.1) is 5.82 Å². The van der Waals surface area contributed by atoms with Gasteiger partial charge in [0.15, 0.2) is 0 Å². The van der Waals surface area contributed by atoms with Gasteiger partial charge >= 0.3 is 0 Å². The largest absolute Gasteiger partial charge is 0.497 e. The first kappa shape index (κ1) is 20.9. The second-order valence-electron chi connectivity index (χ2n) is 7.23. The Bertz CT molecular complexity index is 1070. The van der Waals surface area contributed by atoms with Gasteiger partial charge in [0.1, 0.15) is 16.6 Å². The molecule has 1 atom stereocenters. The Hall–Kier alpha value is -3.33. The summed E-state index contributed by atoms with van der Waals surface area (Å²) in [5.41, 5.74) is 1.09. The minimum absolute atomic E-state index is 0.0285. The Balaban J connectivity index is 1.41. The van der Waals surface area contributed by atoms with Gasteiger partial charge in [0.25, 0.3) is 11.8 Å². The average Bonchev–Trinajstić information content (AvgIpc) is 3.31. The molecule has 1 unspecified atom stereocenters. The van der Waals surface area contributed by atoms with Gasteiger partial charge in [-0.1, -0.05) is 11.3 Å². The number of halogens is 1. The fourth-order valence-corrected chi connectivity index (χ4v) is 4.35. The second-order valence-corrected chi connectivity index (χ2v) is 8.23. The number of rotatable bonds is 5. The lowest BCUT2D eigenvalue weighted by molar-refractivity contribution is 0.0706. The van der Waals surface area contributed by atoms with E-state index in [4.69, 9.17) is 4.74 Å². The van der Waals surface area contributed by atoms with Crippen LogP contribution < -0.4 is 10.1 Å². The first-order chi connectivity index (χ1) is 15.0. The number of nitrogens with zero attached hydrogens (tertiary/aromatic N) is 3. The quantitative estimate of drug-likeness (QED) is 0.649. The van der Waals surface area contributed by atoms with Gasteiger partial charge in [-0.25, -0.2) is 4.39 Å². The number of benzene rings is 2. The number of carbonyl (C=O) groups is 2. The van der Waals surface area contributed by atoms with Crippen LogP contribution in [0.25, 0.3) is 0 Å². The molecule has 1 saturated heterocycles. The number of methoxy groups -OCH3 is 1. The maximum atomic E-state index is 13.0. The minimum atomic E-state index is -0.391. The van der Waals surface area contributed by atoms with Crippen molar-refractivity contribution in [3.05, 3.63) is 69.9 Å². The molecule has 0 bridgehead atoms. The number of nitrogens with one attached hydrogen (secondary N) is 1. The van der Waals surface area contributed by atoms with E-state index >= 15 is 0 Å². The standard InChI is InChI=1S/C22H21FN4O3S/c1-30-18-10-4-14(5-11-18)22(29)27-12-2-3-15(13-27)20-25-26-21(31-20)19(28)24-17-8-6-16(23)7-9-17/h4-11,15H,2-3,12-13H2,1H3,(H,24,28). The van der Waals surface area contributed by atoms with E-state index in [-0.39, 0.29) is 22.6 Å². The highest BCUT2D eigenvalue weighted by Gasteiger charge is 2.28. The topological polar surface area (TPSA) is 84.4 Å². The van der Waals surface area contributed by atoms with Gasteiger partial charge < -0.3 is 15.0 Å². The van der Waals surface area contributed by atoms with E-state index in [1.54, 1.807) is 31.4 Å². The molecule has 1 fully saturated rings. The monoisotopic (exact) mass is 440 g/mol. The van der Waals surface area contributed by atoms with Crippen molar-refractivity contribution in [2.75, 3.05) is 25.5 Å². The Morgan fingerprint density at radius 2 is 1.87 bits per heavy atom. The van der Waals surface area contributed by atoms with Crippen LogP contribution in [0.3, 0.4) is 0 Å². The molecule has 1 aliphatic heterocycles. The van der Waals surface area contributed by atoms with E-state index in [2.05, 4.69) is 15.5 Å². The van der Waals surface area contributed by atoms with Gasteiger partial charge in [-0.3, -0.25) is 9.59 Å². The molecule has 1 N–H and O–H groups in total. The van der Waals surface area contributed by atoms with Crippen LogP contribution in [0.2, 0.25) is 0 Å². The van der Waals surface area contributed by atoms with E-state index in [0.29, 0.717) is 30.1 Å². The number of piperidine rings is 1. The number of ether oxygens (including phenoxy) is 1. The van der Waals surface area contributed by atoms with Crippen molar-refractivity contribution in [3.8, 4) is 5.75 Å². The molecule has 2 heterocycles. The van der Waals surface area contributed by atoms with Gasteiger partial charge in [0.05, 0.1) is 7.11 Å². The lowest BCUT2D eigenvalue weighted by Gasteiger charge is -2.31. The van der Waals surface area contributed by atoms with Crippen molar-refractivity contribution in [1.29, 1.82) is 0 Å². The number of likely N-dealkylation sites (tertiary alicyclic amines) is 1. The normalized spacial score (nSPS) is 16.1. The average molecular weight is 441 g/mol. The maximum Gasteiger partial charge on any atom is 0.286 e. The van der Waals surface area contributed by atoms with Crippen LogP contribution in [0.15, 0.2) is 48.5 Å². The summed E-state index contributed by atoms with van der Waals surface area (Å²) >= 11 is 1.22. The van der Waals surface area contributed by atoms with Gasteiger partial charge in [-0.15, -0.1) is 10.2 Å². The first-order valence-electron chi connectivity index (χ1n) is 9.87. The summed E-state index contributed by atoms with van der Waals surface area (Å²) in [4.78, 5) is 27.1. The number of hydrogen-bond acceptors (Lipinski definition) is 6. The molecule has 2 amide bonds. The molecule has 0 aliphatic carbocycles. The molecular formula is C22H21FN4O3S.